The molecule has 0 saturated heterocycles. The molecule has 220 valence electrons. The molecular formula is C29H16ClF6N3O4. The van der Waals surface area contributed by atoms with E-state index in [2.05, 4.69) is 10.2 Å². The summed E-state index contributed by atoms with van der Waals surface area (Å²) in [5.41, 5.74) is -3.20. The first kappa shape index (κ1) is 29.5. The maximum atomic E-state index is 13.6. The lowest BCUT2D eigenvalue weighted by molar-refractivity contribution is -0.138. The van der Waals surface area contributed by atoms with Crippen molar-refractivity contribution in [2.45, 2.75) is 12.4 Å². The number of alkyl halides is 6. The highest BCUT2D eigenvalue weighted by atomic mass is 35.5. The Kier molecular flexibility index (Phi) is 7.30. The van der Waals surface area contributed by atoms with E-state index in [1.54, 1.807) is 6.07 Å². The number of nitrogens with zero attached hydrogens (tertiary/aromatic N) is 3. The van der Waals surface area contributed by atoms with E-state index in [9.17, 15) is 46.5 Å². The number of rotatable bonds is 5. The van der Waals surface area contributed by atoms with Crippen LogP contribution in [0.4, 0.5) is 37.7 Å². The SMILES string of the molecule is O=C(O)c1cccc(-c2cccc(N=Nc3c(O)n(-c4ccc(Cl)c(C(F)(F)F)c4)c4cc(C(F)(F)F)ccc34)c2O)c1. The highest BCUT2D eigenvalue weighted by molar-refractivity contribution is 6.31. The normalized spacial score (nSPS) is 12.3. The molecule has 0 spiro atoms. The van der Waals surface area contributed by atoms with Crippen LogP contribution in [0.5, 0.6) is 11.6 Å². The average Bonchev–Trinajstić information content (AvgIpc) is 3.22. The van der Waals surface area contributed by atoms with Crippen molar-refractivity contribution in [3.63, 3.8) is 0 Å². The van der Waals surface area contributed by atoms with Gasteiger partial charge in [-0.2, -0.15) is 26.3 Å². The van der Waals surface area contributed by atoms with Crippen LogP contribution in [0.2, 0.25) is 5.02 Å². The van der Waals surface area contributed by atoms with Crippen LogP contribution in [0.3, 0.4) is 0 Å². The summed E-state index contributed by atoms with van der Waals surface area (Å²) >= 11 is 5.70. The van der Waals surface area contributed by atoms with Crippen LogP contribution < -0.4 is 0 Å². The fourth-order valence-electron chi connectivity index (χ4n) is 4.43. The van der Waals surface area contributed by atoms with Crippen molar-refractivity contribution in [1.82, 2.24) is 4.57 Å². The number of aromatic nitrogens is 1. The van der Waals surface area contributed by atoms with E-state index < -0.39 is 51.8 Å². The van der Waals surface area contributed by atoms with Crippen molar-refractivity contribution in [3.8, 4) is 28.4 Å². The van der Waals surface area contributed by atoms with Gasteiger partial charge in [-0.05, 0) is 60.2 Å². The lowest BCUT2D eigenvalue weighted by atomic mass is 10.0. The maximum absolute atomic E-state index is 13.6. The standard InChI is InChI=1S/C29H16ClF6N3O4/c30-21-10-8-17(13-20(21)29(34,35)36)39-23-12-16(28(31,32)33)7-9-19(23)24(26(39)41)38-37-22-6-2-5-18(25(22)40)14-3-1-4-15(11-14)27(42)43/h1-13,40-41H,(H,42,43). The lowest BCUT2D eigenvalue weighted by Crippen LogP contribution is -2.08. The van der Waals surface area contributed by atoms with Gasteiger partial charge in [0.2, 0.25) is 5.88 Å². The number of aromatic carboxylic acids is 1. The average molecular weight is 620 g/mol. The smallest absolute Gasteiger partial charge is 0.417 e. The van der Waals surface area contributed by atoms with E-state index in [0.29, 0.717) is 23.8 Å². The number of carboxylic acid groups (broad SMARTS) is 1. The molecule has 5 aromatic rings. The molecule has 1 aromatic heterocycles. The number of aromatic hydroxyl groups is 2. The molecule has 0 unspecified atom stereocenters. The predicted molar refractivity (Wildman–Crippen MR) is 145 cm³/mol. The number of phenols is 1. The van der Waals surface area contributed by atoms with Gasteiger partial charge in [0.25, 0.3) is 0 Å². The van der Waals surface area contributed by atoms with Crippen molar-refractivity contribution < 1.29 is 46.5 Å². The molecular weight excluding hydrogens is 604 g/mol. The predicted octanol–water partition coefficient (Wildman–Crippen LogP) is 9.51. The Balaban J connectivity index is 1.68. The van der Waals surface area contributed by atoms with Crippen LogP contribution in [0.15, 0.2) is 89.1 Å². The molecule has 0 aliphatic rings. The van der Waals surface area contributed by atoms with E-state index >= 15 is 0 Å². The fourth-order valence-corrected chi connectivity index (χ4v) is 4.66. The van der Waals surface area contributed by atoms with E-state index in [-0.39, 0.29) is 33.4 Å². The van der Waals surface area contributed by atoms with Gasteiger partial charge in [0.15, 0.2) is 11.4 Å². The Bertz CT molecular complexity index is 1930. The molecule has 3 N–H and O–H groups in total. The van der Waals surface area contributed by atoms with Crippen LogP contribution in [-0.4, -0.2) is 25.9 Å². The van der Waals surface area contributed by atoms with Crippen LogP contribution in [0.1, 0.15) is 21.5 Å². The van der Waals surface area contributed by atoms with Gasteiger partial charge < -0.3 is 15.3 Å². The number of azo groups is 1. The Morgan fingerprint density at radius 3 is 2.21 bits per heavy atom. The fraction of sp³-hybridized carbons (Fsp3) is 0.0690. The molecule has 0 atom stereocenters. The van der Waals surface area contributed by atoms with Gasteiger partial charge in [-0.25, -0.2) is 4.79 Å². The Morgan fingerprint density at radius 2 is 1.53 bits per heavy atom. The van der Waals surface area contributed by atoms with Gasteiger partial charge in [-0.1, -0.05) is 35.9 Å². The summed E-state index contributed by atoms with van der Waals surface area (Å²) in [7, 11) is 0. The number of carboxylic acids is 1. The summed E-state index contributed by atoms with van der Waals surface area (Å²) in [6, 6.07) is 14.8. The van der Waals surface area contributed by atoms with E-state index in [1.165, 1.54) is 36.4 Å². The quantitative estimate of drug-likeness (QED) is 0.134. The zero-order valence-corrected chi connectivity index (χ0v) is 22.0. The highest BCUT2D eigenvalue weighted by Crippen LogP contribution is 2.46. The molecule has 1 heterocycles. The third-order valence-electron chi connectivity index (χ3n) is 6.45. The third-order valence-corrected chi connectivity index (χ3v) is 6.78. The zero-order valence-electron chi connectivity index (χ0n) is 21.2. The molecule has 0 bridgehead atoms. The van der Waals surface area contributed by atoms with Crippen molar-refractivity contribution >= 4 is 39.8 Å². The second-order valence-electron chi connectivity index (χ2n) is 9.16. The Labute approximate surface area is 242 Å². The number of hydrogen-bond acceptors (Lipinski definition) is 5. The van der Waals surface area contributed by atoms with Gasteiger partial charge >= 0.3 is 18.3 Å². The molecule has 43 heavy (non-hydrogen) atoms. The minimum absolute atomic E-state index is 0.0456. The highest BCUT2D eigenvalue weighted by Gasteiger charge is 2.35. The second kappa shape index (κ2) is 10.7. The molecule has 0 amide bonds. The van der Waals surface area contributed by atoms with Crippen LogP contribution >= 0.6 is 11.6 Å². The van der Waals surface area contributed by atoms with Crippen LogP contribution in [0, 0.1) is 0 Å². The van der Waals surface area contributed by atoms with E-state index in [4.69, 9.17) is 11.6 Å². The molecule has 14 heteroatoms. The number of fused-ring (bicyclic) bond motifs is 1. The molecule has 0 aliphatic heterocycles. The number of para-hydroxylation sites is 1. The summed E-state index contributed by atoms with van der Waals surface area (Å²) in [5, 5.41) is 38.3. The van der Waals surface area contributed by atoms with E-state index in [1.807, 2.05) is 0 Å². The van der Waals surface area contributed by atoms with E-state index in [0.717, 1.165) is 22.8 Å². The van der Waals surface area contributed by atoms with Gasteiger partial charge in [-0.15, -0.1) is 10.2 Å². The number of carbonyl (C=O) groups is 1. The number of phenolic OH excluding ortho intramolecular Hbond substituents is 1. The van der Waals surface area contributed by atoms with Crippen LogP contribution in [0.25, 0.3) is 27.7 Å². The first-order valence-corrected chi connectivity index (χ1v) is 12.4. The largest absolute Gasteiger partial charge is 0.505 e. The van der Waals surface area contributed by atoms with Gasteiger partial charge in [0.1, 0.15) is 5.69 Å². The molecule has 0 aliphatic carbocycles. The molecule has 5 rings (SSSR count). The number of benzene rings is 4. The first-order valence-electron chi connectivity index (χ1n) is 12.1. The molecule has 0 radical (unpaired) electrons. The topological polar surface area (TPSA) is 107 Å². The summed E-state index contributed by atoms with van der Waals surface area (Å²) in [6.45, 7) is 0. The molecule has 0 saturated carbocycles. The third kappa shape index (κ3) is 5.58. The van der Waals surface area contributed by atoms with Crippen LogP contribution in [-0.2, 0) is 12.4 Å². The first-order chi connectivity index (χ1) is 20.2. The Hall–Kier alpha value is -5.04. The monoisotopic (exact) mass is 619 g/mol. The molecule has 7 nitrogen and oxygen atoms in total. The number of halogens is 7. The summed E-state index contributed by atoms with van der Waals surface area (Å²) in [5.74, 6) is -2.46. The Morgan fingerprint density at radius 1 is 0.814 bits per heavy atom. The van der Waals surface area contributed by atoms with Gasteiger partial charge in [0.05, 0.1) is 27.2 Å². The lowest BCUT2D eigenvalue weighted by Gasteiger charge is -2.13. The maximum Gasteiger partial charge on any atom is 0.417 e. The molecule has 4 aromatic carbocycles. The second-order valence-corrected chi connectivity index (χ2v) is 9.57. The van der Waals surface area contributed by atoms with Gasteiger partial charge in [0, 0.05) is 16.6 Å². The van der Waals surface area contributed by atoms with Gasteiger partial charge in [-0.3, -0.25) is 4.57 Å². The van der Waals surface area contributed by atoms with Crippen molar-refractivity contribution in [2.24, 2.45) is 10.2 Å². The zero-order chi connectivity index (χ0) is 31.3. The summed E-state index contributed by atoms with van der Waals surface area (Å²) < 4.78 is 82.1. The minimum atomic E-state index is -4.90. The van der Waals surface area contributed by atoms with Crippen molar-refractivity contribution in [1.29, 1.82) is 0 Å². The van der Waals surface area contributed by atoms with Crippen molar-refractivity contribution in [2.75, 3.05) is 0 Å². The minimum Gasteiger partial charge on any atom is -0.505 e. The molecule has 0 fully saturated rings. The summed E-state index contributed by atoms with van der Waals surface area (Å²) in [6.07, 6.45) is -9.72. The number of hydrogen-bond donors (Lipinski definition) is 3. The van der Waals surface area contributed by atoms with Crippen molar-refractivity contribution in [3.05, 3.63) is 101 Å². The summed E-state index contributed by atoms with van der Waals surface area (Å²) in [4.78, 5) is 11.4.